The minimum absolute atomic E-state index is 0. The number of anilines is 2. The van der Waals surface area contributed by atoms with E-state index in [2.05, 4.69) is 10.4 Å². The fraction of sp³-hybridized carbons (Fsp3) is 0. The Hall–Kier alpha value is -0.710. The van der Waals surface area contributed by atoms with Crippen molar-refractivity contribution >= 4 is 36.3 Å². The number of nitrogen functional groups attached to an aromatic ring is 2. The van der Waals surface area contributed by atoms with Gasteiger partial charge in [0.15, 0.2) is 0 Å². The number of rotatable bonds is 1. The minimum Gasteiger partial charge on any atom is -0.397 e. The van der Waals surface area contributed by atoms with Crippen LogP contribution in [0.3, 0.4) is 0 Å². The van der Waals surface area contributed by atoms with E-state index in [-0.39, 0.29) is 24.8 Å². The average molecular weight is 197 g/mol. The summed E-state index contributed by atoms with van der Waals surface area (Å²) >= 11 is 0. The Morgan fingerprint density at radius 3 is 2.27 bits per heavy atom. The summed E-state index contributed by atoms with van der Waals surface area (Å²) < 4.78 is 0. The lowest BCUT2D eigenvalue weighted by atomic mass is 10.4. The molecule has 11 heavy (non-hydrogen) atoms. The maximum atomic E-state index is 5.35. The van der Waals surface area contributed by atoms with Gasteiger partial charge in [0.1, 0.15) is 5.82 Å². The fourth-order valence-corrected chi connectivity index (χ4v) is 0.491. The van der Waals surface area contributed by atoms with Crippen LogP contribution in [0, 0.1) is 0 Å². The number of nitrogens with one attached hydrogen (secondary N) is 1. The van der Waals surface area contributed by atoms with E-state index in [4.69, 9.17) is 11.6 Å². The Morgan fingerprint density at radius 2 is 1.91 bits per heavy atom. The highest BCUT2D eigenvalue weighted by Gasteiger charge is 1.86. The van der Waals surface area contributed by atoms with Crippen LogP contribution in [0.2, 0.25) is 0 Å². The van der Waals surface area contributed by atoms with Crippen LogP contribution in [-0.2, 0) is 0 Å². The number of hydrazine groups is 1. The highest BCUT2D eigenvalue weighted by Crippen LogP contribution is 2.02. The number of aromatic nitrogens is 1. The third kappa shape index (κ3) is 3.87. The van der Waals surface area contributed by atoms with Gasteiger partial charge in [-0.2, -0.15) is 0 Å². The Kier molecular flexibility index (Phi) is 7.08. The van der Waals surface area contributed by atoms with E-state index < -0.39 is 0 Å². The lowest BCUT2D eigenvalue weighted by Gasteiger charge is -1.96. The van der Waals surface area contributed by atoms with Crippen LogP contribution in [0.5, 0.6) is 0 Å². The smallest absolute Gasteiger partial charge is 0.140 e. The van der Waals surface area contributed by atoms with Crippen molar-refractivity contribution in [3.05, 3.63) is 18.3 Å². The third-order valence-corrected chi connectivity index (χ3v) is 0.934. The topological polar surface area (TPSA) is 77.0 Å². The van der Waals surface area contributed by atoms with Gasteiger partial charge < -0.3 is 11.2 Å². The predicted octanol–water partition coefficient (Wildman–Crippen LogP) is 0.793. The second kappa shape index (κ2) is 6.03. The first-order chi connectivity index (χ1) is 4.33. The summed E-state index contributed by atoms with van der Waals surface area (Å²) in [4.78, 5) is 3.84. The number of nitrogens with zero attached hydrogens (tertiary/aromatic N) is 1. The van der Waals surface area contributed by atoms with Crippen molar-refractivity contribution in [2.45, 2.75) is 0 Å². The van der Waals surface area contributed by atoms with Gasteiger partial charge in [0.2, 0.25) is 0 Å². The molecule has 4 nitrogen and oxygen atoms in total. The third-order valence-electron chi connectivity index (χ3n) is 0.934. The molecule has 0 spiro atoms. The van der Waals surface area contributed by atoms with E-state index in [0.717, 1.165) is 0 Å². The fourth-order valence-electron chi connectivity index (χ4n) is 0.491. The van der Waals surface area contributed by atoms with Crippen molar-refractivity contribution in [1.82, 2.24) is 4.98 Å². The maximum absolute atomic E-state index is 5.35. The SMILES string of the molecule is Cl.Cl.NNc1ccc(N)cn1. The molecule has 1 aromatic rings. The summed E-state index contributed by atoms with van der Waals surface area (Å²) in [6.07, 6.45) is 1.54. The van der Waals surface area contributed by atoms with E-state index in [1.54, 1.807) is 12.1 Å². The largest absolute Gasteiger partial charge is 0.397 e. The van der Waals surface area contributed by atoms with Crippen LogP contribution in [0.1, 0.15) is 0 Å². The Bertz CT molecular complexity index is 188. The summed E-state index contributed by atoms with van der Waals surface area (Å²) in [5, 5.41) is 0. The molecule has 6 heteroatoms. The molecule has 0 fully saturated rings. The molecule has 1 rings (SSSR count). The second-order valence-electron chi connectivity index (χ2n) is 1.62. The Morgan fingerprint density at radius 1 is 1.27 bits per heavy atom. The van der Waals surface area contributed by atoms with Crippen LogP contribution in [-0.4, -0.2) is 4.98 Å². The first kappa shape index (κ1) is 12.9. The van der Waals surface area contributed by atoms with Gasteiger partial charge in [0, 0.05) is 0 Å². The van der Waals surface area contributed by atoms with Gasteiger partial charge in [0.05, 0.1) is 11.9 Å². The van der Waals surface area contributed by atoms with Crippen molar-refractivity contribution < 1.29 is 0 Å². The molecular formula is C5H10Cl2N4. The van der Waals surface area contributed by atoms with Gasteiger partial charge in [0.25, 0.3) is 0 Å². The molecule has 0 aliphatic heterocycles. The number of nitrogens with two attached hydrogens (primary N) is 2. The van der Waals surface area contributed by atoms with Gasteiger partial charge in [-0.05, 0) is 12.1 Å². The molecule has 0 aliphatic rings. The van der Waals surface area contributed by atoms with Gasteiger partial charge in [-0.1, -0.05) is 0 Å². The lowest BCUT2D eigenvalue weighted by molar-refractivity contribution is 1.23. The van der Waals surface area contributed by atoms with Crippen LogP contribution in [0.15, 0.2) is 18.3 Å². The highest BCUT2D eigenvalue weighted by molar-refractivity contribution is 5.85. The van der Waals surface area contributed by atoms with E-state index >= 15 is 0 Å². The van der Waals surface area contributed by atoms with Crippen LogP contribution in [0.4, 0.5) is 11.5 Å². The first-order valence-electron chi connectivity index (χ1n) is 2.51. The maximum Gasteiger partial charge on any atom is 0.140 e. The molecule has 1 heterocycles. The molecule has 0 aliphatic carbocycles. The minimum atomic E-state index is 0. The number of hydrogen-bond acceptors (Lipinski definition) is 4. The molecule has 1 aromatic heterocycles. The standard InChI is InChI=1S/C5H8N4.2ClH/c6-4-1-2-5(9-7)8-3-4;;/h1-3H,6-7H2,(H,8,9);2*1H. The number of pyridine rings is 1. The Balaban J connectivity index is 0. The predicted molar refractivity (Wildman–Crippen MR) is 51.0 cm³/mol. The van der Waals surface area contributed by atoms with Gasteiger partial charge >= 0.3 is 0 Å². The molecule has 0 atom stereocenters. The lowest BCUT2D eigenvalue weighted by Crippen LogP contribution is -2.08. The summed E-state index contributed by atoms with van der Waals surface area (Å²) in [6.45, 7) is 0. The summed E-state index contributed by atoms with van der Waals surface area (Å²) in [5.74, 6) is 5.66. The second-order valence-corrected chi connectivity index (χ2v) is 1.62. The zero-order chi connectivity index (χ0) is 6.69. The molecule has 0 aromatic carbocycles. The number of hydrogen-bond donors (Lipinski definition) is 3. The molecule has 0 radical (unpaired) electrons. The van der Waals surface area contributed by atoms with E-state index in [1.165, 1.54) is 6.20 Å². The first-order valence-corrected chi connectivity index (χ1v) is 2.51. The van der Waals surface area contributed by atoms with Gasteiger partial charge in [-0.15, -0.1) is 24.8 Å². The normalized spacial score (nSPS) is 7.36. The average Bonchev–Trinajstić information content (AvgIpc) is 1.90. The van der Waals surface area contributed by atoms with Crippen LogP contribution < -0.4 is 17.0 Å². The Labute approximate surface area is 77.2 Å². The van der Waals surface area contributed by atoms with Gasteiger partial charge in [-0.3, -0.25) is 0 Å². The summed E-state index contributed by atoms with van der Waals surface area (Å²) in [5.41, 5.74) is 8.37. The van der Waals surface area contributed by atoms with Crippen molar-refractivity contribution in [3.63, 3.8) is 0 Å². The number of halogens is 2. The quantitative estimate of drug-likeness (QED) is 0.459. The van der Waals surface area contributed by atoms with Crippen molar-refractivity contribution in [2.75, 3.05) is 11.2 Å². The monoisotopic (exact) mass is 196 g/mol. The zero-order valence-electron chi connectivity index (χ0n) is 5.65. The molecule has 5 N–H and O–H groups in total. The molecule has 0 bridgehead atoms. The van der Waals surface area contributed by atoms with Crippen molar-refractivity contribution in [2.24, 2.45) is 5.84 Å². The molecule has 0 saturated heterocycles. The molecular weight excluding hydrogens is 187 g/mol. The highest BCUT2D eigenvalue weighted by atomic mass is 35.5. The van der Waals surface area contributed by atoms with Crippen LogP contribution in [0.25, 0.3) is 0 Å². The van der Waals surface area contributed by atoms with Gasteiger partial charge in [-0.25, -0.2) is 10.8 Å². The zero-order valence-corrected chi connectivity index (χ0v) is 7.28. The molecule has 0 saturated carbocycles. The van der Waals surface area contributed by atoms with Crippen molar-refractivity contribution in [3.8, 4) is 0 Å². The van der Waals surface area contributed by atoms with Crippen molar-refractivity contribution in [1.29, 1.82) is 0 Å². The summed E-state index contributed by atoms with van der Waals surface area (Å²) in [7, 11) is 0. The molecule has 0 amide bonds. The molecule has 64 valence electrons. The summed E-state index contributed by atoms with van der Waals surface area (Å²) in [6, 6.07) is 3.43. The van der Waals surface area contributed by atoms with E-state index in [0.29, 0.717) is 11.5 Å². The van der Waals surface area contributed by atoms with E-state index in [1.807, 2.05) is 0 Å². The van der Waals surface area contributed by atoms with Crippen LogP contribution >= 0.6 is 24.8 Å². The molecule has 0 unspecified atom stereocenters. The van der Waals surface area contributed by atoms with E-state index in [9.17, 15) is 0 Å².